The van der Waals surface area contributed by atoms with E-state index in [1.807, 2.05) is 30.3 Å². The van der Waals surface area contributed by atoms with Crippen molar-refractivity contribution < 1.29 is 9.59 Å². The van der Waals surface area contributed by atoms with Crippen LogP contribution in [0.25, 0.3) is 0 Å². The van der Waals surface area contributed by atoms with Gasteiger partial charge in [-0.3, -0.25) is 19.5 Å². The first-order valence-electron chi connectivity index (χ1n) is 8.59. The van der Waals surface area contributed by atoms with E-state index < -0.39 is 0 Å². The van der Waals surface area contributed by atoms with Crippen LogP contribution in [-0.4, -0.2) is 35.8 Å². The Labute approximate surface area is 172 Å². The largest absolute Gasteiger partial charge is 0.311 e. The molecule has 0 spiro atoms. The summed E-state index contributed by atoms with van der Waals surface area (Å²) in [4.78, 5) is 32.4. The Kier molecular flexibility index (Phi) is 6.69. The second kappa shape index (κ2) is 9.40. The molecule has 6 nitrogen and oxygen atoms in total. The minimum absolute atomic E-state index is 0.0264. The average Bonchev–Trinajstić information content (AvgIpc) is 3.08. The number of nitriles is 1. The molecule has 1 heterocycles. The Morgan fingerprint density at radius 3 is 2.64 bits per heavy atom. The fraction of sp³-hybridized carbons (Fsp3) is 0.200. The van der Waals surface area contributed by atoms with Crippen LogP contribution < -0.4 is 9.80 Å². The highest BCUT2D eigenvalue weighted by atomic mass is 35.5. The normalized spacial score (nSPS) is 13.2. The minimum atomic E-state index is -0.188. The lowest BCUT2D eigenvalue weighted by atomic mass is 10.2. The molecule has 1 aliphatic rings. The van der Waals surface area contributed by atoms with Crippen molar-refractivity contribution >= 4 is 51.7 Å². The molecule has 0 fully saturated rings. The van der Waals surface area contributed by atoms with E-state index in [1.165, 1.54) is 16.7 Å². The van der Waals surface area contributed by atoms with Crippen molar-refractivity contribution in [2.24, 2.45) is 4.99 Å². The summed E-state index contributed by atoms with van der Waals surface area (Å²) in [6.07, 6.45) is 0.233. The summed E-state index contributed by atoms with van der Waals surface area (Å²) in [7, 11) is 0. The maximum Gasteiger partial charge on any atom is 0.254 e. The fourth-order valence-corrected chi connectivity index (χ4v) is 3.85. The van der Waals surface area contributed by atoms with E-state index in [9.17, 15) is 9.59 Å². The van der Waals surface area contributed by atoms with Gasteiger partial charge in [-0.2, -0.15) is 5.26 Å². The maximum atomic E-state index is 12.8. The number of amidine groups is 1. The zero-order valence-corrected chi connectivity index (χ0v) is 16.5. The molecule has 0 saturated heterocycles. The van der Waals surface area contributed by atoms with Crippen LogP contribution in [0.5, 0.6) is 0 Å². The molecule has 2 aromatic rings. The minimum Gasteiger partial charge on any atom is -0.311 e. The Morgan fingerprint density at radius 2 is 1.93 bits per heavy atom. The summed E-state index contributed by atoms with van der Waals surface area (Å²) in [6.45, 7) is 0.331. The first-order valence-corrected chi connectivity index (χ1v) is 9.95. The molecular formula is C20H17ClN4O2S. The third kappa shape index (κ3) is 4.53. The van der Waals surface area contributed by atoms with E-state index in [2.05, 4.69) is 11.1 Å². The van der Waals surface area contributed by atoms with Gasteiger partial charge in [0.25, 0.3) is 5.91 Å². The van der Waals surface area contributed by atoms with Crippen LogP contribution in [0.1, 0.15) is 6.42 Å². The van der Waals surface area contributed by atoms with Gasteiger partial charge in [0.2, 0.25) is 5.91 Å². The summed E-state index contributed by atoms with van der Waals surface area (Å²) < 4.78 is 0. The molecule has 28 heavy (non-hydrogen) atoms. The number of nitrogens with zero attached hydrogens (tertiary/aromatic N) is 4. The number of halogens is 1. The van der Waals surface area contributed by atoms with Gasteiger partial charge in [0.15, 0.2) is 5.17 Å². The molecule has 0 radical (unpaired) electrons. The number of amides is 2. The number of hydrogen-bond acceptors (Lipinski definition) is 5. The van der Waals surface area contributed by atoms with Crippen molar-refractivity contribution in [2.75, 3.05) is 28.6 Å². The average molecular weight is 413 g/mol. The van der Waals surface area contributed by atoms with E-state index in [1.54, 1.807) is 29.2 Å². The Morgan fingerprint density at radius 1 is 1.21 bits per heavy atom. The third-order valence-electron chi connectivity index (χ3n) is 4.02. The molecule has 0 bridgehead atoms. The molecule has 8 heteroatoms. The van der Waals surface area contributed by atoms with Crippen molar-refractivity contribution in [1.82, 2.24) is 0 Å². The molecule has 2 aromatic carbocycles. The van der Waals surface area contributed by atoms with Crippen molar-refractivity contribution in [3.63, 3.8) is 0 Å². The highest BCUT2D eigenvalue weighted by Crippen LogP contribution is 2.30. The number of para-hydroxylation sites is 2. The molecule has 0 N–H and O–H groups in total. The SMILES string of the molecule is N#CCCN(C(=O)CSC1=NCC(=O)N1c1ccccc1Cl)c1ccccc1. The highest BCUT2D eigenvalue weighted by molar-refractivity contribution is 8.14. The van der Waals surface area contributed by atoms with Crippen LogP contribution >= 0.6 is 23.4 Å². The summed E-state index contributed by atoms with van der Waals surface area (Å²) in [5.74, 6) is -0.257. The molecule has 2 amide bonds. The van der Waals surface area contributed by atoms with Gasteiger partial charge in [-0.25, -0.2) is 0 Å². The van der Waals surface area contributed by atoms with Crippen molar-refractivity contribution in [3.05, 3.63) is 59.6 Å². The van der Waals surface area contributed by atoms with E-state index in [-0.39, 0.29) is 30.5 Å². The molecule has 1 aliphatic heterocycles. The number of rotatable bonds is 6. The van der Waals surface area contributed by atoms with Crippen LogP contribution in [-0.2, 0) is 9.59 Å². The van der Waals surface area contributed by atoms with E-state index >= 15 is 0 Å². The Bertz CT molecular complexity index is 943. The summed E-state index contributed by atoms with van der Waals surface area (Å²) in [5.41, 5.74) is 1.28. The molecule has 0 saturated carbocycles. The number of aliphatic imine (C=N–C) groups is 1. The maximum absolute atomic E-state index is 12.8. The Balaban J connectivity index is 1.72. The number of carbonyl (C=O) groups excluding carboxylic acids is 2. The number of benzene rings is 2. The quantitative estimate of drug-likeness (QED) is 0.724. The topological polar surface area (TPSA) is 76.8 Å². The summed E-state index contributed by atoms with van der Waals surface area (Å²) in [6, 6.07) is 18.3. The lowest BCUT2D eigenvalue weighted by molar-refractivity contribution is -0.116. The van der Waals surface area contributed by atoms with E-state index in [4.69, 9.17) is 16.9 Å². The summed E-state index contributed by atoms with van der Waals surface area (Å²) in [5, 5.41) is 9.78. The predicted molar refractivity (Wildman–Crippen MR) is 113 cm³/mol. The smallest absolute Gasteiger partial charge is 0.254 e. The van der Waals surface area contributed by atoms with Crippen LogP contribution in [0.15, 0.2) is 59.6 Å². The van der Waals surface area contributed by atoms with Crippen LogP contribution in [0.3, 0.4) is 0 Å². The zero-order chi connectivity index (χ0) is 19.9. The molecule has 142 valence electrons. The molecule has 0 atom stereocenters. The van der Waals surface area contributed by atoms with Crippen molar-refractivity contribution in [3.8, 4) is 6.07 Å². The van der Waals surface area contributed by atoms with Crippen LogP contribution in [0, 0.1) is 11.3 Å². The lowest BCUT2D eigenvalue weighted by Crippen LogP contribution is -2.35. The molecule has 0 aromatic heterocycles. The van der Waals surface area contributed by atoms with Gasteiger partial charge in [0, 0.05) is 12.2 Å². The number of anilines is 2. The Hall–Kier alpha value is -2.82. The monoisotopic (exact) mass is 412 g/mol. The fourth-order valence-electron chi connectivity index (χ4n) is 2.74. The van der Waals surface area contributed by atoms with Crippen molar-refractivity contribution in [2.45, 2.75) is 6.42 Å². The van der Waals surface area contributed by atoms with E-state index in [0.29, 0.717) is 22.4 Å². The van der Waals surface area contributed by atoms with Gasteiger partial charge in [-0.05, 0) is 24.3 Å². The first-order chi connectivity index (χ1) is 13.6. The molecule has 0 unspecified atom stereocenters. The molecule has 3 rings (SSSR count). The molecular weight excluding hydrogens is 396 g/mol. The second-order valence-corrected chi connectivity index (χ2v) is 7.21. The van der Waals surface area contributed by atoms with Crippen LogP contribution in [0.2, 0.25) is 5.02 Å². The van der Waals surface area contributed by atoms with Gasteiger partial charge in [-0.15, -0.1) is 0 Å². The number of hydrogen-bond donors (Lipinski definition) is 0. The molecule has 0 aliphatic carbocycles. The van der Waals surface area contributed by atoms with Gasteiger partial charge in [0.05, 0.1) is 29.0 Å². The highest BCUT2D eigenvalue weighted by Gasteiger charge is 2.30. The number of thioether (sulfide) groups is 1. The lowest BCUT2D eigenvalue weighted by Gasteiger charge is -2.23. The third-order valence-corrected chi connectivity index (χ3v) is 5.31. The van der Waals surface area contributed by atoms with Crippen LogP contribution in [0.4, 0.5) is 11.4 Å². The van der Waals surface area contributed by atoms with E-state index in [0.717, 1.165) is 5.69 Å². The van der Waals surface area contributed by atoms with Gasteiger partial charge in [0.1, 0.15) is 6.54 Å². The van der Waals surface area contributed by atoms with Gasteiger partial charge >= 0.3 is 0 Å². The van der Waals surface area contributed by atoms with Gasteiger partial charge < -0.3 is 4.90 Å². The standard InChI is InChI=1S/C20H17ClN4O2S/c21-16-9-4-5-10-17(16)25-18(26)13-23-20(25)28-14-19(27)24(12-6-11-22)15-7-2-1-3-8-15/h1-5,7-10H,6,12-14H2. The number of carbonyl (C=O) groups is 2. The summed E-state index contributed by atoms with van der Waals surface area (Å²) >= 11 is 7.41. The zero-order valence-electron chi connectivity index (χ0n) is 14.9. The predicted octanol–water partition coefficient (Wildman–Crippen LogP) is 3.72. The first kappa shape index (κ1) is 19.9. The van der Waals surface area contributed by atoms with Gasteiger partial charge in [-0.1, -0.05) is 53.7 Å². The second-order valence-electron chi connectivity index (χ2n) is 5.86. The van der Waals surface area contributed by atoms with Crippen molar-refractivity contribution in [1.29, 1.82) is 5.26 Å².